The third-order valence-electron chi connectivity index (χ3n) is 2.14. The fourth-order valence-electron chi connectivity index (χ4n) is 1.20. The van der Waals surface area contributed by atoms with E-state index in [2.05, 4.69) is 20.7 Å². The van der Waals surface area contributed by atoms with Crippen molar-refractivity contribution >= 4 is 5.69 Å². The summed E-state index contributed by atoms with van der Waals surface area (Å²) >= 11 is 0. The fraction of sp³-hybridized carbons (Fsp3) is 0.333. The summed E-state index contributed by atoms with van der Waals surface area (Å²) in [5.74, 6) is 0.794. The summed E-state index contributed by atoms with van der Waals surface area (Å²) in [5, 5.41) is 13.8. The van der Waals surface area contributed by atoms with Crippen molar-refractivity contribution in [3.63, 3.8) is 0 Å². The molecule has 14 heavy (non-hydrogen) atoms. The van der Waals surface area contributed by atoms with Gasteiger partial charge in [0.1, 0.15) is 0 Å². The molecule has 0 atom stereocenters. The van der Waals surface area contributed by atoms with Crippen LogP contribution in [0.2, 0.25) is 0 Å². The molecule has 0 aliphatic carbocycles. The number of aromatic amines is 1. The lowest BCUT2D eigenvalue weighted by Gasteiger charge is -2.02. The molecule has 0 aliphatic heterocycles. The van der Waals surface area contributed by atoms with E-state index < -0.39 is 0 Å². The topological polar surface area (TPSA) is 66.7 Å². The maximum atomic E-state index is 4.93. The Labute approximate surface area is 81.5 Å². The molecular weight excluding hydrogens is 180 g/mol. The maximum Gasteiger partial charge on any atom is 0.156 e. The molecular formula is C9H12N4O. The van der Waals surface area contributed by atoms with Crippen molar-refractivity contribution in [3.05, 3.63) is 29.4 Å². The average molecular weight is 192 g/mol. The van der Waals surface area contributed by atoms with Crippen LogP contribution in [0.3, 0.4) is 0 Å². The average Bonchev–Trinajstić information content (AvgIpc) is 2.72. The van der Waals surface area contributed by atoms with Crippen LogP contribution in [-0.4, -0.2) is 15.4 Å². The number of aryl methyl sites for hydroxylation is 2. The van der Waals surface area contributed by atoms with Gasteiger partial charge in [0.05, 0.1) is 30.3 Å². The molecule has 0 aliphatic rings. The number of nitrogens with one attached hydrogen (secondary N) is 2. The van der Waals surface area contributed by atoms with Gasteiger partial charge < -0.3 is 9.84 Å². The van der Waals surface area contributed by atoms with E-state index in [4.69, 9.17) is 4.52 Å². The molecule has 0 aromatic carbocycles. The molecule has 5 nitrogen and oxygen atoms in total. The number of rotatable bonds is 3. The van der Waals surface area contributed by atoms with Crippen LogP contribution in [0.1, 0.15) is 17.0 Å². The minimum atomic E-state index is 0.702. The Morgan fingerprint density at radius 2 is 2.29 bits per heavy atom. The summed E-state index contributed by atoms with van der Waals surface area (Å²) in [4.78, 5) is 0. The van der Waals surface area contributed by atoms with Crippen LogP contribution in [0.25, 0.3) is 0 Å². The molecule has 0 bridgehead atoms. The Morgan fingerprint density at radius 1 is 1.43 bits per heavy atom. The third kappa shape index (κ3) is 1.61. The summed E-state index contributed by atoms with van der Waals surface area (Å²) in [7, 11) is 0. The van der Waals surface area contributed by atoms with Crippen LogP contribution in [0.5, 0.6) is 0 Å². The van der Waals surface area contributed by atoms with E-state index in [9.17, 15) is 0 Å². The molecule has 0 spiro atoms. The van der Waals surface area contributed by atoms with Crippen molar-refractivity contribution in [2.75, 3.05) is 5.32 Å². The predicted octanol–water partition coefficient (Wildman–Crippen LogP) is 1.63. The zero-order chi connectivity index (χ0) is 9.97. The van der Waals surface area contributed by atoms with Crippen LogP contribution in [0.4, 0.5) is 5.69 Å². The van der Waals surface area contributed by atoms with Crippen molar-refractivity contribution in [2.45, 2.75) is 20.4 Å². The molecule has 74 valence electrons. The van der Waals surface area contributed by atoms with Gasteiger partial charge in [-0.25, -0.2) is 0 Å². The van der Waals surface area contributed by atoms with E-state index in [-0.39, 0.29) is 0 Å². The van der Waals surface area contributed by atoms with Gasteiger partial charge in [0.15, 0.2) is 5.76 Å². The SMILES string of the molecule is Cc1cn[nH]c1CNc1cnoc1C. The fourth-order valence-corrected chi connectivity index (χ4v) is 1.20. The van der Waals surface area contributed by atoms with E-state index in [0.29, 0.717) is 6.54 Å². The summed E-state index contributed by atoms with van der Waals surface area (Å²) < 4.78 is 4.93. The molecule has 2 rings (SSSR count). The van der Waals surface area contributed by atoms with Crippen LogP contribution >= 0.6 is 0 Å². The van der Waals surface area contributed by atoms with Gasteiger partial charge in [-0.2, -0.15) is 5.10 Å². The standard InChI is InChI=1S/C9H12N4O/c1-6-3-11-13-8(6)4-10-9-5-12-14-7(9)2/h3,5,10H,4H2,1-2H3,(H,11,13). The van der Waals surface area contributed by atoms with Gasteiger partial charge >= 0.3 is 0 Å². The number of nitrogens with zero attached hydrogens (tertiary/aromatic N) is 2. The summed E-state index contributed by atoms with van der Waals surface area (Å²) in [6.45, 7) is 4.59. The second-order valence-corrected chi connectivity index (χ2v) is 3.18. The van der Waals surface area contributed by atoms with Gasteiger partial charge in [-0.1, -0.05) is 5.16 Å². The molecule has 5 heteroatoms. The van der Waals surface area contributed by atoms with Crippen molar-refractivity contribution in [2.24, 2.45) is 0 Å². The molecule has 0 amide bonds. The van der Waals surface area contributed by atoms with Crippen molar-refractivity contribution in [1.82, 2.24) is 15.4 Å². The highest BCUT2D eigenvalue weighted by atomic mass is 16.5. The minimum absolute atomic E-state index is 0.702. The monoisotopic (exact) mass is 192 g/mol. The van der Waals surface area contributed by atoms with Gasteiger partial charge in [0.2, 0.25) is 0 Å². The Kier molecular flexibility index (Phi) is 2.22. The number of anilines is 1. The number of hydrogen-bond donors (Lipinski definition) is 2. The third-order valence-corrected chi connectivity index (χ3v) is 2.14. The molecule has 0 unspecified atom stereocenters. The normalized spacial score (nSPS) is 10.4. The first kappa shape index (κ1) is 8.80. The first-order valence-electron chi connectivity index (χ1n) is 4.41. The van der Waals surface area contributed by atoms with Gasteiger partial charge in [-0.15, -0.1) is 0 Å². The first-order valence-corrected chi connectivity index (χ1v) is 4.41. The molecule has 0 fully saturated rings. The zero-order valence-corrected chi connectivity index (χ0v) is 8.16. The number of aromatic nitrogens is 3. The lowest BCUT2D eigenvalue weighted by atomic mass is 10.3. The zero-order valence-electron chi connectivity index (χ0n) is 8.16. The van der Waals surface area contributed by atoms with Crippen molar-refractivity contribution in [3.8, 4) is 0 Å². The highest BCUT2D eigenvalue weighted by Gasteiger charge is 2.04. The lowest BCUT2D eigenvalue weighted by Crippen LogP contribution is -2.01. The van der Waals surface area contributed by atoms with Gasteiger partial charge in [-0.05, 0) is 19.4 Å². The van der Waals surface area contributed by atoms with E-state index in [1.807, 2.05) is 13.8 Å². The van der Waals surface area contributed by atoms with Crippen LogP contribution < -0.4 is 5.32 Å². The summed E-state index contributed by atoms with van der Waals surface area (Å²) in [6, 6.07) is 0. The van der Waals surface area contributed by atoms with E-state index in [1.165, 1.54) is 0 Å². The predicted molar refractivity (Wildman–Crippen MR) is 51.9 cm³/mol. The Hall–Kier alpha value is -1.78. The molecule has 0 saturated heterocycles. The number of H-pyrrole nitrogens is 1. The van der Waals surface area contributed by atoms with Gasteiger partial charge in [0.25, 0.3) is 0 Å². The van der Waals surface area contributed by atoms with E-state index in [0.717, 1.165) is 22.7 Å². The smallest absolute Gasteiger partial charge is 0.156 e. The van der Waals surface area contributed by atoms with Crippen molar-refractivity contribution in [1.29, 1.82) is 0 Å². The molecule has 0 radical (unpaired) electrons. The van der Waals surface area contributed by atoms with Gasteiger partial charge in [0, 0.05) is 0 Å². The van der Waals surface area contributed by atoms with Crippen molar-refractivity contribution < 1.29 is 4.52 Å². The minimum Gasteiger partial charge on any atom is -0.375 e. The summed E-state index contributed by atoms with van der Waals surface area (Å²) in [5.41, 5.74) is 3.14. The molecule has 0 saturated carbocycles. The highest BCUT2D eigenvalue weighted by Crippen LogP contribution is 2.14. The van der Waals surface area contributed by atoms with E-state index >= 15 is 0 Å². The molecule has 2 aromatic rings. The Morgan fingerprint density at radius 3 is 2.86 bits per heavy atom. The highest BCUT2D eigenvalue weighted by molar-refractivity contribution is 5.43. The Bertz CT molecular complexity index is 378. The van der Waals surface area contributed by atoms with Crippen LogP contribution in [0, 0.1) is 13.8 Å². The molecule has 2 N–H and O–H groups in total. The lowest BCUT2D eigenvalue weighted by molar-refractivity contribution is 0.398. The molecule has 2 aromatic heterocycles. The van der Waals surface area contributed by atoms with Crippen LogP contribution in [-0.2, 0) is 6.54 Å². The second kappa shape index (κ2) is 3.53. The summed E-state index contributed by atoms with van der Waals surface area (Å²) in [6.07, 6.45) is 3.47. The van der Waals surface area contributed by atoms with E-state index in [1.54, 1.807) is 12.4 Å². The second-order valence-electron chi connectivity index (χ2n) is 3.18. The first-order chi connectivity index (χ1) is 6.77. The largest absolute Gasteiger partial charge is 0.375 e. The number of hydrogen-bond acceptors (Lipinski definition) is 4. The van der Waals surface area contributed by atoms with Gasteiger partial charge in [-0.3, -0.25) is 5.10 Å². The Balaban J connectivity index is 2.02. The molecule has 2 heterocycles. The van der Waals surface area contributed by atoms with Crippen LogP contribution in [0.15, 0.2) is 16.9 Å². The maximum absolute atomic E-state index is 4.93. The quantitative estimate of drug-likeness (QED) is 0.775.